The van der Waals surface area contributed by atoms with Gasteiger partial charge in [-0.3, -0.25) is 4.98 Å². The molecule has 1 nitrogen and oxygen atoms in total. The second kappa shape index (κ2) is 4.26. The number of aryl methyl sites for hydroxylation is 3. The summed E-state index contributed by atoms with van der Waals surface area (Å²) >= 11 is 6.25. The van der Waals surface area contributed by atoms with E-state index in [1.807, 2.05) is 25.3 Å². The van der Waals surface area contributed by atoms with Gasteiger partial charge in [-0.1, -0.05) is 17.7 Å². The first-order valence-electron chi connectivity index (χ1n) is 5.27. The molecule has 0 amide bonds. The number of nitrogens with zero attached hydrogens (tertiary/aromatic N) is 1. The maximum atomic E-state index is 6.25. The second-order valence-electron chi connectivity index (χ2n) is 4.10. The molecule has 0 saturated heterocycles. The van der Waals surface area contributed by atoms with Crippen LogP contribution in [0.25, 0.3) is 11.1 Å². The highest BCUT2D eigenvalue weighted by Gasteiger charge is 2.06. The third kappa shape index (κ3) is 2.10. The molecule has 0 spiro atoms. The Bertz CT molecular complexity index is 515. The molecule has 2 heteroatoms. The Labute approximate surface area is 101 Å². The fourth-order valence-electron chi connectivity index (χ4n) is 1.63. The van der Waals surface area contributed by atoms with Crippen molar-refractivity contribution >= 4 is 11.6 Å². The summed E-state index contributed by atoms with van der Waals surface area (Å²) in [7, 11) is 0. The predicted molar refractivity (Wildman–Crippen MR) is 68.9 cm³/mol. The van der Waals surface area contributed by atoms with E-state index < -0.39 is 0 Å². The minimum Gasteiger partial charge on any atom is -0.261 e. The molecular formula is C14H14ClN. The van der Waals surface area contributed by atoms with Gasteiger partial charge in [-0.15, -0.1) is 0 Å². The number of halogens is 1. The quantitative estimate of drug-likeness (QED) is 0.712. The van der Waals surface area contributed by atoms with Crippen LogP contribution in [0.1, 0.15) is 16.8 Å². The number of rotatable bonds is 1. The molecule has 1 aromatic heterocycles. The fourth-order valence-corrected chi connectivity index (χ4v) is 1.96. The number of pyridine rings is 1. The third-order valence-corrected chi connectivity index (χ3v) is 3.12. The lowest BCUT2D eigenvalue weighted by Crippen LogP contribution is -1.87. The highest BCUT2D eigenvalue weighted by Crippen LogP contribution is 2.30. The van der Waals surface area contributed by atoms with Crippen molar-refractivity contribution in [1.82, 2.24) is 4.98 Å². The van der Waals surface area contributed by atoms with E-state index >= 15 is 0 Å². The molecule has 0 N–H and O–H groups in total. The van der Waals surface area contributed by atoms with Crippen LogP contribution >= 0.6 is 11.6 Å². The van der Waals surface area contributed by atoms with Crippen LogP contribution in [0, 0.1) is 20.8 Å². The highest BCUT2D eigenvalue weighted by atomic mass is 35.5. The van der Waals surface area contributed by atoms with Crippen molar-refractivity contribution < 1.29 is 0 Å². The second-order valence-corrected chi connectivity index (χ2v) is 4.51. The van der Waals surface area contributed by atoms with Crippen molar-refractivity contribution in [3.8, 4) is 11.1 Å². The molecule has 0 radical (unpaired) electrons. The molecule has 0 bridgehead atoms. The number of hydrogen-bond donors (Lipinski definition) is 0. The van der Waals surface area contributed by atoms with Gasteiger partial charge in [-0.05, 0) is 50.1 Å². The van der Waals surface area contributed by atoms with Gasteiger partial charge in [-0.2, -0.15) is 0 Å². The van der Waals surface area contributed by atoms with Crippen molar-refractivity contribution in [3.63, 3.8) is 0 Å². The maximum Gasteiger partial charge on any atom is 0.0487 e. The fraction of sp³-hybridized carbons (Fsp3) is 0.214. The summed E-state index contributed by atoms with van der Waals surface area (Å²) in [4.78, 5) is 4.29. The smallest absolute Gasteiger partial charge is 0.0487 e. The Morgan fingerprint density at radius 1 is 1.00 bits per heavy atom. The summed E-state index contributed by atoms with van der Waals surface area (Å²) in [6.45, 7) is 6.14. The van der Waals surface area contributed by atoms with E-state index in [1.165, 1.54) is 11.1 Å². The summed E-state index contributed by atoms with van der Waals surface area (Å²) in [5, 5.41) is 0.786. The molecule has 0 saturated carbocycles. The van der Waals surface area contributed by atoms with Gasteiger partial charge in [0.15, 0.2) is 0 Å². The van der Waals surface area contributed by atoms with Gasteiger partial charge in [0.1, 0.15) is 0 Å². The topological polar surface area (TPSA) is 12.9 Å². The molecule has 0 aliphatic rings. The van der Waals surface area contributed by atoms with Gasteiger partial charge in [0.25, 0.3) is 0 Å². The third-order valence-electron chi connectivity index (χ3n) is 2.81. The Hall–Kier alpha value is -1.34. The van der Waals surface area contributed by atoms with E-state index in [-0.39, 0.29) is 0 Å². The molecule has 82 valence electrons. The first kappa shape index (κ1) is 11.2. The Balaban J connectivity index is 2.56. The van der Waals surface area contributed by atoms with Crippen LogP contribution in [0.3, 0.4) is 0 Å². The standard InChI is InChI=1S/C14H14ClN/c1-9-6-13(14(15)7-10(9)2)12-5-4-11(3)16-8-12/h4-8H,1-3H3. The van der Waals surface area contributed by atoms with E-state index in [9.17, 15) is 0 Å². The molecule has 0 aliphatic heterocycles. The summed E-state index contributed by atoms with van der Waals surface area (Å²) < 4.78 is 0. The van der Waals surface area contributed by atoms with Gasteiger partial charge >= 0.3 is 0 Å². The summed E-state index contributed by atoms with van der Waals surface area (Å²) in [6, 6.07) is 8.18. The van der Waals surface area contributed by atoms with Gasteiger partial charge < -0.3 is 0 Å². The van der Waals surface area contributed by atoms with Crippen LogP contribution in [-0.4, -0.2) is 4.98 Å². The number of aromatic nitrogens is 1. The van der Waals surface area contributed by atoms with Crippen LogP contribution in [0.4, 0.5) is 0 Å². The summed E-state index contributed by atoms with van der Waals surface area (Å²) in [5.74, 6) is 0. The normalized spacial score (nSPS) is 10.5. The Kier molecular flexibility index (Phi) is 2.97. The van der Waals surface area contributed by atoms with Crippen molar-refractivity contribution in [2.75, 3.05) is 0 Å². The monoisotopic (exact) mass is 231 g/mol. The van der Waals surface area contributed by atoms with E-state index in [2.05, 4.69) is 31.0 Å². The minimum absolute atomic E-state index is 0.786. The van der Waals surface area contributed by atoms with E-state index in [1.54, 1.807) is 0 Å². The zero-order chi connectivity index (χ0) is 11.7. The van der Waals surface area contributed by atoms with E-state index in [4.69, 9.17) is 11.6 Å². The SMILES string of the molecule is Cc1ccc(-c2cc(C)c(C)cc2Cl)cn1. The first-order valence-corrected chi connectivity index (χ1v) is 5.65. The maximum absolute atomic E-state index is 6.25. The zero-order valence-corrected chi connectivity index (χ0v) is 10.5. The molecule has 2 rings (SSSR count). The Morgan fingerprint density at radius 2 is 1.69 bits per heavy atom. The van der Waals surface area contributed by atoms with E-state index in [0.717, 1.165) is 21.8 Å². The van der Waals surface area contributed by atoms with Crippen molar-refractivity contribution in [2.45, 2.75) is 20.8 Å². The molecule has 0 unspecified atom stereocenters. The molecule has 1 aromatic carbocycles. The van der Waals surface area contributed by atoms with Gasteiger partial charge in [0.2, 0.25) is 0 Å². The summed E-state index contributed by atoms with van der Waals surface area (Å²) in [5.41, 5.74) is 5.61. The number of hydrogen-bond acceptors (Lipinski definition) is 1. The highest BCUT2D eigenvalue weighted by molar-refractivity contribution is 6.33. The molecule has 0 fully saturated rings. The zero-order valence-electron chi connectivity index (χ0n) is 9.71. The number of benzene rings is 1. The van der Waals surface area contributed by atoms with Crippen molar-refractivity contribution in [1.29, 1.82) is 0 Å². The van der Waals surface area contributed by atoms with Crippen LogP contribution in [0.2, 0.25) is 5.02 Å². The van der Waals surface area contributed by atoms with Crippen LogP contribution < -0.4 is 0 Å². The largest absolute Gasteiger partial charge is 0.261 e. The first-order chi connectivity index (χ1) is 7.58. The predicted octanol–water partition coefficient (Wildman–Crippen LogP) is 4.33. The molecule has 0 aliphatic carbocycles. The lowest BCUT2D eigenvalue weighted by molar-refractivity contribution is 1.20. The molecule has 0 atom stereocenters. The van der Waals surface area contributed by atoms with Crippen LogP contribution in [0.15, 0.2) is 30.5 Å². The molecule has 2 aromatic rings. The molecule has 1 heterocycles. The van der Waals surface area contributed by atoms with Gasteiger partial charge in [0, 0.05) is 28.0 Å². The average molecular weight is 232 g/mol. The van der Waals surface area contributed by atoms with Crippen molar-refractivity contribution in [2.24, 2.45) is 0 Å². The van der Waals surface area contributed by atoms with Crippen LogP contribution in [-0.2, 0) is 0 Å². The van der Waals surface area contributed by atoms with E-state index in [0.29, 0.717) is 0 Å². The molecule has 16 heavy (non-hydrogen) atoms. The van der Waals surface area contributed by atoms with Gasteiger partial charge in [-0.25, -0.2) is 0 Å². The summed E-state index contributed by atoms with van der Waals surface area (Å²) in [6.07, 6.45) is 1.87. The lowest BCUT2D eigenvalue weighted by Gasteiger charge is -2.08. The Morgan fingerprint density at radius 3 is 2.31 bits per heavy atom. The minimum atomic E-state index is 0.786. The molecular weight excluding hydrogens is 218 g/mol. The lowest BCUT2D eigenvalue weighted by atomic mass is 10.0. The van der Waals surface area contributed by atoms with Crippen molar-refractivity contribution in [3.05, 3.63) is 52.3 Å². The average Bonchev–Trinajstić information content (AvgIpc) is 2.25. The van der Waals surface area contributed by atoms with Gasteiger partial charge in [0.05, 0.1) is 0 Å². The van der Waals surface area contributed by atoms with Crippen LogP contribution in [0.5, 0.6) is 0 Å².